The summed E-state index contributed by atoms with van der Waals surface area (Å²) in [5.41, 5.74) is 4.74. The molecule has 0 saturated heterocycles. The van der Waals surface area contributed by atoms with Crippen LogP contribution in [0.2, 0.25) is 0 Å². The van der Waals surface area contributed by atoms with Gasteiger partial charge in [0.15, 0.2) is 0 Å². The number of carboxylic acid groups (broad SMARTS) is 2. The summed E-state index contributed by atoms with van der Waals surface area (Å²) in [4.78, 5) is 26.6. The Morgan fingerprint density at radius 2 is 1.60 bits per heavy atom. The maximum Gasteiger partial charge on any atom is 0.335 e. The minimum absolute atomic E-state index is 0.200. The molecular formula is C22H16N4O4. The molecule has 0 bridgehead atoms. The number of carbonyl (C=O) groups is 2. The molecule has 0 radical (unpaired) electrons. The summed E-state index contributed by atoms with van der Waals surface area (Å²) in [5.74, 6) is -1.97. The van der Waals surface area contributed by atoms with Crippen molar-refractivity contribution in [3.63, 3.8) is 0 Å². The molecular weight excluding hydrogens is 384 g/mol. The van der Waals surface area contributed by atoms with Gasteiger partial charge in [-0.15, -0.1) is 5.10 Å². The maximum atomic E-state index is 11.2. The average Bonchev–Trinajstić information content (AvgIpc) is 3.23. The van der Waals surface area contributed by atoms with E-state index < -0.39 is 11.9 Å². The van der Waals surface area contributed by atoms with Crippen molar-refractivity contribution in [2.75, 3.05) is 0 Å². The van der Waals surface area contributed by atoms with E-state index >= 15 is 0 Å². The predicted molar refractivity (Wildman–Crippen MR) is 109 cm³/mol. The first-order valence-electron chi connectivity index (χ1n) is 8.99. The van der Waals surface area contributed by atoms with Gasteiger partial charge < -0.3 is 10.2 Å². The first-order chi connectivity index (χ1) is 14.4. The molecule has 2 N–H and O–H groups in total. The van der Waals surface area contributed by atoms with Crippen molar-refractivity contribution < 1.29 is 19.8 Å². The maximum absolute atomic E-state index is 11.2. The van der Waals surface area contributed by atoms with E-state index in [0.29, 0.717) is 17.0 Å². The lowest BCUT2D eigenvalue weighted by atomic mass is 10.1. The summed E-state index contributed by atoms with van der Waals surface area (Å²) in [5, 5.41) is 26.5. The van der Waals surface area contributed by atoms with E-state index in [-0.39, 0.29) is 11.1 Å². The molecule has 0 atom stereocenters. The van der Waals surface area contributed by atoms with E-state index in [1.165, 1.54) is 18.2 Å². The molecule has 0 aliphatic rings. The molecule has 2 aromatic heterocycles. The molecule has 4 aromatic rings. The summed E-state index contributed by atoms with van der Waals surface area (Å²) in [6.45, 7) is 1.91. The lowest BCUT2D eigenvalue weighted by Crippen LogP contribution is -2.00. The molecule has 30 heavy (non-hydrogen) atoms. The van der Waals surface area contributed by atoms with Crippen LogP contribution in [0.1, 0.15) is 26.3 Å². The number of rotatable bonds is 5. The Balaban J connectivity index is 1.63. The zero-order chi connectivity index (χ0) is 21.3. The SMILES string of the molecule is Cc1cc(-c2cccc(C(=O)O)c2)ncc1-n1cc(-c2ccc(C(=O)O)cc2)nn1. The number of hydrogen-bond acceptors (Lipinski definition) is 5. The van der Waals surface area contributed by atoms with Gasteiger partial charge in [-0.2, -0.15) is 0 Å². The number of nitrogens with zero attached hydrogens (tertiary/aromatic N) is 4. The fourth-order valence-corrected chi connectivity index (χ4v) is 3.06. The Morgan fingerprint density at radius 3 is 2.27 bits per heavy atom. The van der Waals surface area contributed by atoms with Gasteiger partial charge in [0.05, 0.1) is 34.9 Å². The highest BCUT2D eigenvalue weighted by atomic mass is 16.4. The van der Waals surface area contributed by atoms with Crippen molar-refractivity contribution in [1.29, 1.82) is 0 Å². The van der Waals surface area contributed by atoms with Crippen molar-refractivity contribution >= 4 is 11.9 Å². The third kappa shape index (κ3) is 3.66. The number of hydrogen-bond donors (Lipinski definition) is 2. The molecule has 0 aliphatic heterocycles. The Kier molecular flexibility index (Phi) is 4.81. The Bertz CT molecular complexity index is 1260. The number of aromatic carboxylic acids is 2. The van der Waals surface area contributed by atoms with E-state index in [1.807, 2.05) is 19.1 Å². The number of carboxylic acids is 2. The molecule has 0 fully saturated rings. The summed E-state index contributed by atoms with van der Waals surface area (Å²) >= 11 is 0. The predicted octanol–water partition coefficient (Wildman–Crippen LogP) is 3.70. The smallest absolute Gasteiger partial charge is 0.335 e. The van der Waals surface area contributed by atoms with Gasteiger partial charge in [-0.05, 0) is 42.8 Å². The number of aromatic nitrogens is 4. The fraction of sp³-hybridized carbons (Fsp3) is 0.0455. The summed E-state index contributed by atoms with van der Waals surface area (Å²) in [6, 6.07) is 14.9. The van der Waals surface area contributed by atoms with Crippen molar-refractivity contribution in [1.82, 2.24) is 20.0 Å². The standard InChI is InChI=1S/C22H16N4O4/c1-13-9-18(16-3-2-4-17(10-16)22(29)30)23-11-20(13)26-12-19(24-25-26)14-5-7-15(8-6-14)21(27)28/h2-12H,1H3,(H,27,28)(H,29,30). The Morgan fingerprint density at radius 1 is 0.867 bits per heavy atom. The molecule has 0 spiro atoms. The highest BCUT2D eigenvalue weighted by Gasteiger charge is 2.11. The molecule has 8 nitrogen and oxygen atoms in total. The quantitative estimate of drug-likeness (QED) is 0.524. The molecule has 0 saturated carbocycles. The van der Waals surface area contributed by atoms with Gasteiger partial charge in [-0.25, -0.2) is 14.3 Å². The lowest BCUT2D eigenvalue weighted by molar-refractivity contribution is 0.0686. The zero-order valence-corrected chi connectivity index (χ0v) is 15.9. The Labute approximate surface area is 171 Å². The van der Waals surface area contributed by atoms with E-state index in [1.54, 1.807) is 41.3 Å². The van der Waals surface area contributed by atoms with Crippen LogP contribution in [0.4, 0.5) is 0 Å². The highest BCUT2D eigenvalue weighted by Crippen LogP contribution is 2.24. The van der Waals surface area contributed by atoms with Crippen LogP contribution in [0.25, 0.3) is 28.2 Å². The van der Waals surface area contributed by atoms with Crippen molar-refractivity contribution in [3.05, 3.63) is 83.7 Å². The number of pyridine rings is 1. The van der Waals surface area contributed by atoms with Crippen LogP contribution in [-0.4, -0.2) is 42.1 Å². The van der Waals surface area contributed by atoms with Gasteiger partial charge in [-0.1, -0.05) is 29.5 Å². The van der Waals surface area contributed by atoms with Gasteiger partial charge in [0, 0.05) is 11.1 Å². The van der Waals surface area contributed by atoms with E-state index in [0.717, 1.165) is 16.8 Å². The van der Waals surface area contributed by atoms with Crippen molar-refractivity contribution in [2.24, 2.45) is 0 Å². The number of benzene rings is 2. The molecule has 8 heteroatoms. The second kappa shape index (κ2) is 7.59. The normalized spacial score (nSPS) is 10.7. The van der Waals surface area contributed by atoms with Crippen molar-refractivity contribution in [2.45, 2.75) is 6.92 Å². The monoisotopic (exact) mass is 400 g/mol. The van der Waals surface area contributed by atoms with Crippen LogP contribution >= 0.6 is 0 Å². The molecule has 2 heterocycles. The summed E-state index contributed by atoms with van der Waals surface area (Å²) < 4.78 is 1.60. The lowest BCUT2D eigenvalue weighted by Gasteiger charge is -2.08. The third-order valence-corrected chi connectivity index (χ3v) is 4.66. The molecule has 0 unspecified atom stereocenters. The van der Waals surface area contributed by atoms with Gasteiger partial charge >= 0.3 is 11.9 Å². The van der Waals surface area contributed by atoms with E-state index in [4.69, 9.17) is 5.11 Å². The summed E-state index contributed by atoms with van der Waals surface area (Å²) in [6.07, 6.45) is 3.40. The molecule has 148 valence electrons. The van der Waals surface area contributed by atoms with Crippen LogP contribution in [0.15, 0.2) is 67.0 Å². The minimum Gasteiger partial charge on any atom is -0.478 e. The topological polar surface area (TPSA) is 118 Å². The van der Waals surface area contributed by atoms with Gasteiger partial charge in [0.25, 0.3) is 0 Å². The Hall–Kier alpha value is -4.33. The van der Waals surface area contributed by atoms with Crippen LogP contribution in [0.5, 0.6) is 0 Å². The van der Waals surface area contributed by atoms with Crippen molar-refractivity contribution in [3.8, 4) is 28.2 Å². The largest absolute Gasteiger partial charge is 0.478 e. The summed E-state index contributed by atoms with van der Waals surface area (Å²) in [7, 11) is 0. The zero-order valence-electron chi connectivity index (χ0n) is 15.9. The average molecular weight is 400 g/mol. The molecule has 2 aromatic carbocycles. The number of aryl methyl sites for hydroxylation is 1. The molecule has 4 rings (SSSR count). The molecule has 0 aliphatic carbocycles. The van der Waals surface area contributed by atoms with Crippen LogP contribution < -0.4 is 0 Å². The second-order valence-electron chi connectivity index (χ2n) is 6.67. The third-order valence-electron chi connectivity index (χ3n) is 4.66. The molecule has 0 amide bonds. The van der Waals surface area contributed by atoms with Crippen LogP contribution in [0, 0.1) is 6.92 Å². The van der Waals surface area contributed by atoms with E-state index in [9.17, 15) is 14.7 Å². The van der Waals surface area contributed by atoms with Crippen LogP contribution in [0.3, 0.4) is 0 Å². The van der Waals surface area contributed by atoms with Gasteiger partial charge in [-0.3, -0.25) is 4.98 Å². The van der Waals surface area contributed by atoms with Gasteiger partial charge in [0.1, 0.15) is 5.69 Å². The first-order valence-corrected chi connectivity index (χ1v) is 8.99. The second-order valence-corrected chi connectivity index (χ2v) is 6.67. The van der Waals surface area contributed by atoms with Crippen LogP contribution in [-0.2, 0) is 0 Å². The minimum atomic E-state index is -0.989. The highest BCUT2D eigenvalue weighted by molar-refractivity contribution is 5.89. The van der Waals surface area contributed by atoms with Gasteiger partial charge in [0.2, 0.25) is 0 Å². The fourth-order valence-electron chi connectivity index (χ4n) is 3.06. The first kappa shape index (κ1) is 19.0. The van der Waals surface area contributed by atoms with E-state index in [2.05, 4.69) is 15.3 Å².